The molecule has 3 unspecified atom stereocenters. The van der Waals surface area contributed by atoms with Gasteiger partial charge >= 0.3 is 6.18 Å². The maximum absolute atomic E-state index is 13.7. The Morgan fingerprint density at radius 3 is 2.64 bits per heavy atom. The van der Waals surface area contributed by atoms with Crippen LogP contribution in [0.1, 0.15) is 27.2 Å². The van der Waals surface area contributed by atoms with E-state index in [2.05, 4.69) is 5.32 Å². The molecule has 0 spiro atoms. The van der Waals surface area contributed by atoms with Crippen molar-refractivity contribution in [1.82, 2.24) is 10.6 Å². The Morgan fingerprint density at radius 1 is 1.40 bits per heavy atom. The molecule has 0 bridgehead atoms. The number of nitrogens with one attached hydrogen (secondary N) is 2. The van der Waals surface area contributed by atoms with E-state index in [4.69, 9.17) is 16.6 Å². The van der Waals surface area contributed by atoms with Crippen LogP contribution >= 0.6 is 23.6 Å². The smallest absolute Gasteiger partial charge is 0.437 e. The van der Waals surface area contributed by atoms with Crippen molar-refractivity contribution in [3.05, 3.63) is 46.0 Å². The molecule has 25 heavy (non-hydrogen) atoms. The first-order valence-electron chi connectivity index (χ1n) is 7.15. The summed E-state index contributed by atoms with van der Waals surface area (Å²) in [5.41, 5.74) is -3.53. The number of hydrogen-bond acceptors (Lipinski definition) is 5. The lowest BCUT2D eigenvalue weighted by atomic mass is 9.80. The quantitative estimate of drug-likeness (QED) is 0.553. The summed E-state index contributed by atoms with van der Waals surface area (Å²) in [6.45, 7) is 1.62. The molecule has 3 atom stereocenters. The first kappa shape index (κ1) is 17.9. The molecule has 3 rings (SSSR count). The third-order valence-electron chi connectivity index (χ3n) is 3.92. The van der Waals surface area contributed by atoms with E-state index in [0.717, 1.165) is 11.3 Å². The minimum Gasteiger partial charge on any atom is -0.464 e. The summed E-state index contributed by atoms with van der Waals surface area (Å²) >= 11 is 5.81. The first-order valence-corrected chi connectivity index (χ1v) is 8.44. The van der Waals surface area contributed by atoms with Crippen molar-refractivity contribution < 1.29 is 27.5 Å². The number of carbonyl (C=O) groups excluding carboxylic acids is 1. The Morgan fingerprint density at radius 2 is 2.12 bits per heavy atom. The number of aliphatic hydroxyl groups is 1. The van der Waals surface area contributed by atoms with E-state index in [1.54, 1.807) is 24.4 Å². The van der Waals surface area contributed by atoms with Gasteiger partial charge in [-0.25, -0.2) is 0 Å². The molecule has 3 N–H and O–H groups in total. The van der Waals surface area contributed by atoms with Crippen molar-refractivity contribution in [1.29, 1.82) is 0 Å². The van der Waals surface area contributed by atoms with E-state index in [0.29, 0.717) is 5.76 Å². The minimum atomic E-state index is -5.14. The van der Waals surface area contributed by atoms with Crippen molar-refractivity contribution in [3.8, 4) is 0 Å². The molecule has 2 aromatic heterocycles. The lowest BCUT2D eigenvalue weighted by molar-refractivity contribution is -0.286. The van der Waals surface area contributed by atoms with Crippen molar-refractivity contribution >= 4 is 34.5 Å². The van der Waals surface area contributed by atoms with E-state index < -0.39 is 34.8 Å². The summed E-state index contributed by atoms with van der Waals surface area (Å²) < 4.78 is 46.4. The van der Waals surface area contributed by atoms with E-state index in [1.807, 2.05) is 5.32 Å². The number of thiocarbonyl (C=S) groups is 1. The summed E-state index contributed by atoms with van der Waals surface area (Å²) in [6.07, 6.45) is -5.14. The molecule has 5 nitrogen and oxygen atoms in total. The summed E-state index contributed by atoms with van der Waals surface area (Å²) in [6, 6.07) is 4.68. The normalized spacial score (nSPS) is 26.8. The predicted molar refractivity (Wildman–Crippen MR) is 88.2 cm³/mol. The minimum absolute atomic E-state index is 0.0823. The monoisotopic (exact) mass is 390 g/mol. The Labute approximate surface area is 149 Å². The van der Waals surface area contributed by atoms with Gasteiger partial charge in [-0.15, -0.1) is 11.3 Å². The zero-order valence-electron chi connectivity index (χ0n) is 12.8. The van der Waals surface area contributed by atoms with Gasteiger partial charge in [0.25, 0.3) is 0 Å². The molecule has 134 valence electrons. The van der Waals surface area contributed by atoms with Gasteiger partial charge in [0, 0.05) is 0 Å². The molecular weight excluding hydrogens is 377 g/mol. The Hall–Kier alpha value is -1.91. The van der Waals surface area contributed by atoms with Gasteiger partial charge in [0.15, 0.2) is 10.9 Å². The fraction of sp³-hybridized carbons (Fsp3) is 0.333. The zero-order chi connectivity index (χ0) is 18.4. The molecule has 0 aromatic carbocycles. The number of thiophene rings is 1. The SMILES string of the molecule is Cc1ccc(C2NC(=S)NC(O)(C(F)(F)F)C2C(=O)c2cccs2)o1. The summed E-state index contributed by atoms with van der Waals surface area (Å²) in [7, 11) is 0. The van der Waals surface area contributed by atoms with E-state index in [1.165, 1.54) is 12.1 Å². The van der Waals surface area contributed by atoms with Crippen LogP contribution in [0.3, 0.4) is 0 Å². The van der Waals surface area contributed by atoms with Crippen LogP contribution in [0.5, 0.6) is 0 Å². The van der Waals surface area contributed by atoms with Gasteiger partial charge in [-0.2, -0.15) is 13.2 Å². The van der Waals surface area contributed by atoms with Gasteiger partial charge < -0.3 is 20.2 Å². The molecule has 2 aromatic rings. The van der Waals surface area contributed by atoms with Gasteiger partial charge in [0.2, 0.25) is 5.72 Å². The topological polar surface area (TPSA) is 74.5 Å². The highest BCUT2D eigenvalue weighted by molar-refractivity contribution is 7.80. The highest BCUT2D eigenvalue weighted by atomic mass is 32.1. The van der Waals surface area contributed by atoms with Crippen molar-refractivity contribution in [3.63, 3.8) is 0 Å². The largest absolute Gasteiger partial charge is 0.464 e. The molecule has 0 aliphatic carbocycles. The Kier molecular flexibility index (Phi) is 4.38. The van der Waals surface area contributed by atoms with Crippen LogP contribution in [0.15, 0.2) is 34.1 Å². The number of hydrogen-bond donors (Lipinski definition) is 3. The lowest BCUT2D eigenvalue weighted by Gasteiger charge is -2.45. The average Bonchev–Trinajstić information content (AvgIpc) is 3.16. The van der Waals surface area contributed by atoms with Crippen molar-refractivity contribution in [2.45, 2.75) is 24.9 Å². The van der Waals surface area contributed by atoms with Crippen molar-refractivity contribution in [2.24, 2.45) is 5.92 Å². The standard InChI is InChI=1S/C15H13F3N2O3S2/c1-7-4-5-8(23-7)11-10(12(21)9-3-2-6-25-9)14(22,15(16,17)18)20-13(24)19-11/h2-6,10-11,22H,1H3,(H2,19,20,24). The molecule has 0 saturated carbocycles. The number of Topliss-reactive ketones (excluding diaryl/α,β-unsaturated/α-hetero) is 1. The van der Waals surface area contributed by atoms with Crippen LogP contribution < -0.4 is 10.6 Å². The van der Waals surface area contributed by atoms with E-state index in [9.17, 15) is 23.1 Å². The highest BCUT2D eigenvalue weighted by Gasteiger charge is 2.66. The first-order chi connectivity index (χ1) is 11.6. The molecule has 1 saturated heterocycles. The van der Waals surface area contributed by atoms with Gasteiger partial charge in [-0.05, 0) is 42.7 Å². The summed E-state index contributed by atoms with van der Waals surface area (Å²) in [4.78, 5) is 12.9. The number of alkyl halides is 3. The fourth-order valence-electron chi connectivity index (χ4n) is 2.77. The second-order valence-corrected chi connectivity index (χ2v) is 6.96. The Bertz CT molecular complexity index is 803. The van der Waals surface area contributed by atoms with Gasteiger partial charge in [0.1, 0.15) is 23.5 Å². The van der Waals surface area contributed by atoms with Crippen molar-refractivity contribution in [2.75, 3.05) is 0 Å². The predicted octanol–water partition coefficient (Wildman–Crippen LogP) is 2.92. The molecule has 3 heterocycles. The van der Waals surface area contributed by atoms with E-state index >= 15 is 0 Å². The molecule has 1 aliphatic rings. The number of aryl methyl sites for hydroxylation is 1. The average molecular weight is 390 g/mol. The number of halogens is 3. The summed E-state index contributed by atoms with van der Waals surface area (Å²) in [5, 5.41) is 16.0. The van der Waals surface area contributed by atoms with Gasteiger partial charge in [-0.3, -0.25) is 4.79 Å². The van der Waals surface area contributed by atoms with Crippen LogP contribution in [0.2, 0.25) is 0 Å². The summed E-state index contributed by atoms with van der Waals surface area (Å²) in [5.74, 6) is -2.25. The second-order valence-electron chi connectivity index (χ2n) is 5.61. The maximum atomic E-state index is 13.7. The van der Waals surface area contributed by atoms with Crippen LogP contribution in [-0.2, 0) is 0 Å². The molecular formula is C15H13F3N2O3S2. The molecule has 10 heteroatoms. The third kappa shape index (κ3) is 3.05. The van der Waals surface area contributed by atoms with Crippen LogP contribution in [0, 0.1) is 12.8 Å². The number of carbonyl (C=O) groups is 1. The van der Waals surface area contributed by atoms with Crippen LogP contribution in [0.4, 0.5) is 13.2 Å². The van der Waals surface area contributed by atoms with Crippen LogP contribution in [0.25, 0.3) is 0 Å². The lowest BCUT2D eigenvalue weighted by Crippen LogP contribution is -2.72. The number of ketones is 1. The highest BCUT2D eigenvalue weighted by Crippen LogP contribution is 2.44. The number of rotatable bonds is 3. The van der Waals surface area contributed by atoms with Gasteiger partial charge in [-0.1, -0.05) is 6.07 Å². The molecule has 0 amide bonds. The maximum Gasteiger partial charge on any atom is 0.437 e. The second kappa shape index (κ2) is 6.11. The molecule has 0 radical (unpaired) electrons. The number of furan rings is 1. The van der Waals surface area contributed by atoms with Gasteiger partial charge in [0.05, 0.1) is 4.88 Å². The zero-order valence-corrected chi connectivity index (χ0v) is 14.4. The van der Waals surface area contributed by atoms with Crippen LogP contribution in [-0.4, -0.2) is 27.9 Å². The molecule has 1 aliphatic heterocycles. The third-order valence-corrected chi connectivity index (χ3v) is 5.02. The fourth-order valence-corrected chi connectivity index (χ4v) is 3.76. The molecule has 1 fully saturated rings. The Balaban J connectivity index is 2.14. The van der Waals surface area contributed by atoms with E-state index in [-0.39, 0.29) is 10.6 Å².